The van der Waals surface area contributed by atoms with Crippen LogP contribution in [0.4, 0.5) is 5.69 Å². The first-order valence-corrected chi connectivity index (χ1v) is 6.13. The van der Waals surface area contributed by atoms with Crippen LogP contribution >= 0.6 is 0 Å². The Hall–Kier alpha value is -2.70. The van der Waals surface area contributed by atoms with E-state index in [1.807, 2.05) is 18.2 Å². The van der Waals surface area contributed by atoms with Gasteiger partial charge in [-0.2, -0.15) is 15.4 Å². The lowest BCUT2D eigenvalue weighted by atomic mass is 10.2. The Kier molecular flexibility index (Phi) is 4.43. The minimum atomic E-state index is -0.883. The van der Waals surface area contributed by atoms with Gasteiger partial charge in [-0.25, -0.2) is 0 Å². The summed E-state index contributed by atoms with van der Waals surface area (Å²) in [5.74, 6) is -1.19. The number of H-pyrrole nitrogens is 1. The van der Waals surface area contributed by atoms with Gasteiger partial charge in [-0.15, -0.1) is 0 Å². The molecule has 0 radical (unpaired) electrons. The highest BCUT2D eigenvalue weighted by Gasteiger charge is 2.19. The average Bonchev–Trinajstić information content (AvgIpc) is 2.98. The van der Waals surface area contributed by atoms with E-state index in [1.54, 1.807) is 12.1 Å². The van der Waals surface area contributed by atoms with Gasteiger partial charge in [-0.1, -0.05) is 18.2 Å². The summed E-state index contributed by atoms with van der Waals surface area (Å²) in [6.45, 7) is 0.308. The number of hydrogen-bond acceptors (Lipinski definition) is 4. The van der Waals surface area contributed by atoms with Gasteiger partial charge in [0.25, 0.3) is 5.91 Å². The number of carboxylic acids is 1. The van der Waals surface area contributed by atoms with Crippen molar-refractivity contribution in [1.82, 2.24) is 15.4 Å². The Balaban J connectivity index is 2.16. The van der Waals surface area contributed by atoms with Gasteiger partial charge >= 0.3 is 5.97 Å². The molecule has 104 valence electrons. The molecule has 7 heteroatoms. The van der Waals surface area contributed by atoms with Gasteiger partial charge < -0.3 is 10.0 Å². The second-order valence-electron chi connectivity index (χ2n) is 4.14. The summed E-state index contributed by atoms with van der Waals surface area (Å²) in [7, 11) is 0. The van der Waals surface area contributed by atoms with Crippen LogP contribution in [0.25, 0.3) is 0 Å². The summed E-state index contributed by atoms with van der Waals surface area (Å²) in [5.41, 5.74) is 0.898. The zero-order valence-corrected chi connectivity index (χ0v) is 10.7. The van der Waals surface area contributed by atoms with Crippen molar-refractivity contribution in [3.63, 3.8) is 0 Å². The van der Waals surface area contributed by atoms with Gasteiger partial charge in [-0.3, -0.25) is 9.59 Å². The minimum Gasteiger partial charge on any atom is -0.481 e. The lowest BCUT2D eigenvalue weighted by Crippen LogP contribution is -2.32. The summed E-state index contributed by atoms with van der Waals surface area (Å²) in [6.07, 6.45) is 1.72. The fraction of sp³-hybridized carbons (Fsp3) is 0.231. The Morgan fingerprint density at radius 2 is 2.00 bits per heavy atom. The van der Waals surface area contributed by atoms with Gasteiger partial charge in [0.1, 0.15) is 0 Å². The van der Waals surface area contributed by atoms with Crippen molar-refractivity contribution in [3.05, 3.63) is 42.2 Å². The molecular formula is C13H14N4O3. The number of aromatic nitrogens is 3. The number of benzene rings is 1. The van der Waals surface area contributed by atoms with Crippen molar-refractivity contribution in [2.45, 2.75) is 12.8 Å². The Morgan fingerprint density at radius 3 is 2.60 bits per heavy atom. The molecule has 0 spiro atoms. The SMILES string of the molecule is O=C(O)CCCN(C(=O)c1cn[nH]n1)c1ccccc1. The van der Waals surface area contributed by atoms with Crippen LogP contribution in [0.2, 0.25) is 0 Å². The lowest BCUT2D eigenvalue weighted by Gasteiger charge is -2.21. The van der Waals surface area contributed by atoms with Gasteiger partial charge in [0, 0.05) is 18.7 Å². The van der Waals surface area contributed by atoms with E-state index in [0.29, 0.717) is 18.7 Å². The maximum Gasteiger partial charge on any atom is 0.303 e. The number of nitrogens with one attached hydrogen (secondary N) is 1. The first-order chi connectivity index (χ1) is 9.68. The first kappa shape index (κ1) is 13.7. The number of carbonyl (C=O) groups is 2. The summed E-state index contributed by atoms with van der Waals surface area (Å²) in [6, 6.07) is 9.06. The number of aromatic amines is 1. The van der Waals surface area contributed by atoms with Crippen molar-refractivity contribution in [3.8, 4) is 0 Å². The van der Waals surface area contributed by atoms with Crippen molar-refractivity contribution >= 4 is 17.6 Å². The number of carbonyl (C=O) groups excluding carboxylic acids is 1. The molecule has 0 saturated heterocycles. The molecule has 2 N–H and O–H groups in total. The third-order valence-corrected chi connectivity index (χ3v) is 2.72. The molecule has 0 aliphatic carbocycles. The number of para-hydroxylation sites is 1. The highest BCUT2D eigenvalue weighted by atomic mass is 16.4. The molecule has 0 bridgehead atoms. The van der Waals surface area contributed by atoms with Gasteiger partial charge in [0.15, 0.2) is 5.69 Å². The fourth-order valence-corrected chi connectivity index (χ4v) is 1.79. The molecule has 1 heterocycles. The molecule has 1 aromatic heterocycles. The van der Waals surface area contributed by atoms with E-state index in [9.17, 15) is 9.59 Å². The first-order valence-electron chi connectivity index (χ1n) is 6.13. The van der Waals surface area contributed by atoms with Crippen LogP contribution in [0.3, 0.4) is 0 Å². The normalized spacial score (nSPS) is 10.2. The molecule has 1 aromatic carbocycles. The molecule has 20 heavy (non-hydrogen) atoms. The highest BCUT2D eigenvalue weighted by Crippen LogP contribution is 2.16. The molecule has 2 aromatic rings. The molecule has 0 saturated carbocycles. The van der Waals surface area contributed by atoms with Gasteiger partial charge in [0.05, 0.1) is 6.20 Å². The van der Waals surface area contributed by atoms with E-state index < -0.39 is 5.97 Å². The molecular weight excluding hydrogens is 260 g/mol. The predicted molar refractivity (Wildman–Crippen MR) is 71.4 cm³/mol. The Labute approximate surface area is 115 Å². The highest BCUT2D eigenvalue weighted by molar-refractivity contribution is 6.04. The second-order valence-corrected chi connectivity index (χ2v) is 4.14. The number of amides is 1. The zero-order chi connectivity index (χ0) is 14.4. The Bertz CT molecular complexity index is 569. The van der Waals surface area contributed by atoms with E-state index in [2.05, 4.69) is 15.4 Å². The van der Waals surface area contributed by atoms with Crippen LogP contribution in [0, 0.1) is 0 Å². The van der Waals surface area contributed by atoms with Gasteiger partial charge in [-0.05, 0) is 18.6 Å². The number of aliphatic carboxylic acids is 1. The lowest BCUT2D eigenvalue weighted by molar-refractivity contribution is -0.137. The number of anilines is 1. The maximum absolute atomic E-state index is 12.3. The predicted octanol–water partition coefficient (Wildman–Crippen LogP) is 1.32. The fourth-order valence-electron chi connectivity index (χ4n) is 1.79. The molecule has 0 aliphatic heterocycles. The smallest absolute Gasteiger partial charge is 0.303 e. The topological polar surface area (TPSA) is 99.2 Å². The number of rotatable bonds is 6. The molecule has 0 aliphatic rings. The van der Waals surface area contributed by atoms with Crippen molar-refractivity contribution in [2.75, 3.05) is 11.4 Å². The summed E-state index contributed by atoms with van der Waals surface area (Å²) in [4.78, 5) is 24.4. The third kappa shape index (κ3) is 3.41. The quantitative estimate of drug-likeness (QED) is 0.827. The molecule has 0 atom stereocenters. The largest absolute Gasteiger partial charge is 0.481 e. The van der Waals surface area contributed by atoms with E-state index in [-0.39, 0.29) is 18.0 Å². The maximum atomic E-state index is 12.3. The molecule has 1 amide bonds. The van der Waals surface area contributed by atoms with Crippen LogP contribution in [0.5, 0.6) is 0 Å². The van der Waals surface area contributed by atoms with Crippen LogP contribution in [-0.4, -0.2) is 38.9 Å². The van der Waals surface area contributed by atoms with Crippen LogP contribution < -0.4 is 4.90 Å². The van der Waals surface area contributed by atoms with E-state index >= 15 is 0 Å². The summed E-state index contributed by atoms with van der Waals surface area (Å²) < 4.78 is 0. The number of nitrogens with zero attached hydrogens (tertiary/aromatic N) is 3. The summed E-state index contributed by atoms with van der Waals surface area (Å²) in [5, 5.41) is 18.5. The van der Waals surface area contributed by atoms with Crippen LogP contribution in [0.1, 0.15) is 23.3 Å². The molecule has 2 rings (SSSR count). The van der Waals surface area contributed by atoms with E-state index in [1.165, 1.54) is 11.1 Å². The van der Waals surface area contributed by atoms with E-state index in [0.717, 1.165) is 0 Å². The monoisotopic (exact) mass is 274 g/mol. The third-order valence-electron chi connectivity index (χ3n) is 2.72. The Morgan fingerprint density at radius 1 is 1.25 bits per heavy atom. The number of carboxylic acid groups (broad SMARTS) is 1. The molecule has 0 fully saturated rings. The number of hydrogen-bond donors (Lipinski definition) is 2. The zero-order valence-electron chi connectivity index (χ0n) is 10.7. The summed E-state index contributed by atoms with van der Waals surface area (Å²) >= 11 is 0. The molecule has 0 unspecified atom stereocenters. The van der Waals surface area contributed by atoms with Crippen LogP contribution in [-0.2, 0) is 4.79 Å². The van der Waals surface area contributed by atoms with Crippen molar-refractivity contribution in [2.24, 2.45) is 0 Å². The van der Waals surface area contributed by atoms with Gasteiger partial charge in [0.2, 0.25) is 0 Å². The van der Waals surface area contributed by atoms with Crippen molar-refractivity contribution < 1.29 is 14.7 Å². The van der Waals surface area contributed by atoms with E-state index in [4.69, 9.17) is 5.11 Å². The molecule has 7 nitrogen and oxygen atoms in total. The van der Waals surface area contributed by atoms with Crippen LogP contribution in [0.15, 0.2) is 36.5 Å². The average molecular weight is 274 g/mol. The standard InChI is InChI=1S/C13H14N4O3/c18-12(19)7-4-8-17(10-5-2-1-3-6-10)13(20)11-9-14-16-15-11/h1-3,5-6,9H,4,7-8H2,(H,18,19)(H,14,15,16). The second kappa shape index (κ2) is 6.46. The van der Waals surface area contributed by atoms with Crippen molar-refractivity contribution in [1.29, 1.82) is 0 Å². The minimum absolute atomic E-state index is 0.00935.